The lowest BCUT2D eigenvalue weighted by Crippen LogP contribution is -2.31. The van der Waals surface area contributed by atoms with Crippen LogP contribution < -0.4 is 15.4 Å². The molecule has 0 saturated carbocycles. The summed E-state index contributed by atoms with van der Waals surface area (Å²) in [6.07, 6.45) is 3.56. The van der Waals surface area contributed by atoms with Crippen LogP contribution in [0.1, 0.15) is 24.8 Å². The van der Waals surface area contributed by atoms with E-state index in [-0.39, 0.29) is 12.0 Å². The molecule has 0 unspecified atom stereocenters. The zero-order chi connectivity index (χ0) is 14.7. The van der Waals surface area contributed by atoms with E-state index < -0.39 is 0 Å². The highest BCUT2D eigenvalue weighted by molar-refractivity contribution is 5.39. The molecule has 1 aromatic carbocycles. The fraction of sp³-hybridized carbons (Fsp3) is 0.400. The molecule has 21 heavy (non-hydrogen) atoms. The van der Waals surface area contributed by atoms with Crippen LogP contribution >= 0.6 is 0 Å². The molecule has 1 aliphatic heterocycles. The molecule has 2 aromatic rings. The second-order valence-electron chi connectivity index (χ2n) is 5.19. The molecule has 1 aromatic heterocycles. The van der Waals surface area contributed by atoms with Gasteiger partial charge in [-0.1, -0.05) is 18.2 Å². The van der Waals surface area contributed by atoms with Crippen LogP contribution in [-0.4, -0.2) is 28.0 Å². The monoisotopic (exact) mass is 285 g/mol. The Kier molecular flexibility index (Phi) is 3.85. The molecule has 0 bridgehead atoms. The Labute approximate surface area is 124 Å². The second-order valence-corrected chi connectivity index (χ2v) is 5.19. The van der Waals surface area contributed by atoms with Crippen molar-refractivity contribution in [3.05, 3.63) is 29.8 Å². The normalized spacial score (nSPS) is 15.0. The highest BCUT2D eigenvalue weighted by Crippen LogP contribution is 2.24. The maximum Gasteiger partial charge on any atom is 0.328 e. The fourth-order valence-electron chi connectivity index (χ4n) is 2.41. The molecule has 110 valence electrons. The van der Waals surface area contributed by atoms with Gasteiger partial charge in [-0.3, -0.25) is 0 Å². The minimum atomic E-state index is 0.189. The van der Waals surface area contributed by atoms with Gasteiger partial charge in [0, 0.05) is 13.1 Å². The second kappa shape index (κ2) is 5.95. The molecule has 1 saturated heterocycles. The molecular formula is C15H19N5O. The van der Waals surface area contributed by atoms with Crippen LogP contribution in [0, 0.1) is 6.92 Å². The summed E-state index contributed by atoms with van der Waals surface area (Å²) in [5, 5.41) is 0. The average molecular weight is 285 g/mol. The highest BCUT2D eigenvalue weighted by Gasteiger charge is 2.16. The number of rotatable bonds is 3. The topological polar surface area (TPSA) is 77.2 Å². The average Bonchev–Trinajstić information content (AvgIpc) is 2.50. The van der Waals surface area contributed by atoms with Crippen LogP contribution in [-0.2, 0) is 0 Å². The zero-order valence-corrected chi connectivity index (χ0v) is 12.1. The van der Waals surface area contributed by atoms with Gasteiger partial charge >= 0.3 is 6.01 Å². The van der Waals surface area contributed by atoms with Crippen molar-refractivity contribution in [1.82, 2.24) is 15.0 Å². The first-order chi connectivity index (χ1) is 10.2. The number of aryl methyl sites for hydroxylation is 1. The lowest BCUT2D eigenvalue weighted by atomic mass is 10.1. The number of nitrogens with zero attached hydrogens (tertiary/aromatic N) is 4. The fourth-order valence-corrected chi connectivity index (χ4v) is 2.41. The van der Waals surface area contributed by atoms with Gasteiger partial charge < -0.3 is 15.4 Å². The number of nitrogen functional groups attached to an aromatic ring is 1. The third-order valence-electron chi connectivity index (χ3n) is 3.55. The van der Waals surface area contributed by atoms with Gasteiger partial charge in [-0.2, -0.15) is 15.0 Å². The van der Waals surface area contributed by atoms with Crippen molar-refractivity contribution < 1.29 is 4.74 Å². The van der Waals surface area contributed by atoms with Crippen molar-refractivity contribution in [3.8, 4) is 11.8 Å². The van der Waals surface area contributed by atoms with Crippen LogP contribution in [0.25, 0.3) is 0 Å². The molecular weight excluding hydrogens is 266 g/mol. The van der Waals surface area contributed by atoms with Gasteiger partial charge in [0.15, 0.2) is 0 Å². The van der Waals surface area contributed by atoms with Gasteiger partial charge in [-0.15, -0.1) is 0 Å². The predicted octanol–water partition coefficient (Wildman–Crippen LogP) is 2.54. The molecule has 1 aliphatic rings. The summed E-state index contributed by atoms with van der Waals surface area (Å²) in [4.78, 5) is 14.8. The van der Waals surface area contributed by atoms with E-state index in [2.05, 4.69) is 19.9 Å². The Hall–Kier alpha value is -2.37. The molecule has 6 nitrogen and oxygen atoms in total. The lowest BCUT2D eigenvalue weighted by Gasteiger charge is -2.26. The van der Waals surface area contributed by atoms with Crippen molar-refractivity contribution >= 4 is 11.9 Å². The molecule has 0 amide bonds. The van der Waals surface area contributed by atoms with E-state index in [0.717, 1.165) is 37.2 Å². The summed E-state index contributed by atoms with van der Waals surface area (Å²) >= 11 is 0. The van der Waals surface area contributed by atoms with Gasteiger partial charge in [-0.25, -0.2) is 0 Å². The quantitative estimate of drug-likeness (QED) is 0.933. The molecule has 0 aliphatic carbocycles. The largest absolute Gasteiger partial charge is 0.424 e. The molecule has 2 heterocycles. The maximum absolute atomic E-state index is 5.79. The van der Waals surface area contributed by atoms with E-state index in [0.29, 0.717) is 5.95 Å². The predicted molar refractivity (Wildman–Crippen MR) is 81.6 cm³/mol. The third-order valence-corrected chi connectivity index (χ3v) is 3.55. The van der Waals surface area contributed by atoms with Crippen LogP contribution in [0.4, 0.5) is 11.9 Å². The molecule has 2 N–H and O–H groups in total. The third kappa shape index (κ3) is 3.21. The van der Waals surface area contributed by atoms with Crippen molar-refractivity contribution in [2.45, 2.75) is 26.2 Å². The van der Waals surface area contributed by atoms with Gasteiger partial charge in [0.05, 0.1) is 0 Å². The highest BCUT2D eigenvalue weighted by atomic mass is 16.5. The summed E-state index contributed by atoms with van der Waals surface area (Å²) < 4.78 is 5.75. The van der Waals surface area contributed by atoms with Crippen molar-refractivity contribution in [3.63, 3.8) is 0 Å². The Morgan fingerprint density at radius 1 is 1.05 bits per heavy atom. The van der Waals surface area contributed by atoms with Crippen molar-refractivity contribution in [2.75, 3.05) is 23.7 Å². The molecule has 0 radical (unpaired) electrons. The molecule has 3 rings (SSSR count). The van der Waals surface area contributed by atoms with E-state index >= 15 is 0 Å². The SMILES string of the molecule is Cc1ccccc1Oc1nc(N)nc(N2CCCCC2)n1. The standard InChI is InChI=1S/C15H19N5O/c1-11-7-3-4-8-12(11)21-15-18-13(16)17-14(19-15)20-9-5-2-6-10-20/h3-4,7-8H,2,5-6,9-10H2,1H3,(H2,16,17,18,19). The van der Waals surface area contributed by atoms with Gasteiger partial charge in [0.1, 0.15) is 5.75 Å². The van der Waals surface area contributed by atoms with Crippen LogP contribution in [0.15, 0.2) is 24.3 Å². The van der Waals surface area contributed by atoms with Crippen molar-refractivity contribution in [1.29, 1.82) is 0 Å². The Morgan fingerprint density at radius 3 is 2.57 bits per heavy atom. The maximum atomic E-state index is 5.79. The van der Waals surface area contributed by atoms with Crippen LogP contribution in [0.2, 0.25) is 0 Å². The Morgan fingerprint density at radius 2 is 1.81 bits per heavy atom. The zero-order valence-electron chi connectivity index (χ0n) is 12.1. The first-order valence-electron chi connectivity index (χ1n) is 7.22. The first-order valence-corrected chi connectivity index (χ1v) is 7.22. The number of nitrogens with two attached hydrogens (primary N) is 1. The van der Waals surface area contributed by atoms with E-state index in [9.17, 15) is 0 Å². The number of aromatic nitrogens is 3. The molecule has 0 atom stereocenters. The summed E-state index contributed by atoms with van der Waals surface area (Å²) in [7, 11) is 0. The van der Waals surface area contributed by atoms with Crippen LogP contribution in [0.3, 0.4) is 0 Å². The van der Waals surface area contributed by atoms with Gasteiger partial charge in [-0.05, 0) is 37.8 Å². The van der Waals surface area contributed by atoms with E-state index in [1.165, 1.54) is 6.42 Å². The molecule has 1 fully saturated rings. The number of piperidine rings is 1. The van der Waals surface area contributed by atoms with Gasteiger partial charge in [0.25, 0.3) is 0 Å². The summed E-state index contributed by atoms with van der Waals surface area (Å²) in [5.74, 6) is 1.52. The summed E-state index contributed by atoms with van der Waals surface area (Å²) in [6, 6.07) is 7.99. The minimum Gasteiger partial charge on any atom is -0.424 e. The smallest absolute Gasteiger partial charge is 0.328 e. The number of hydrogen-bond donors (Lipinski definition) is 1. The van der Waals surface area contributed by atoms with E-state index in [4.69, 9.17) is 10.5 Å². The number of anilines is 2. The van der Waals surface area contributed by atoms with Gasteiger partial charge in [0.2, 0.25) is 11.9 Å². The van der Waals surface area contributed by atoms with E-state index in [1.54, 1.807) is 0 Å². The number of ether oxygens (including phenoxy) is 1. The lowest BCUT2D eigenvalue weighted by molar-refractivity contribution is 0.435. The number of benzene rings is 1. The summed E-state index contributed by atoms with van der Waals surface area (Å²) in [5.41, 5.74) is 6.81. The Bertz CT molecular complexity index is 625. The molecule has 0 spiro atoms. The number of hydrogen-bond acceptors (Lipinski definition) is 6. The molecule has 6 heteroatoms. The van der Waals surface area contributed by atoms with Crippen molar-refractivity contribution in [2.24, 2.45) is 0 Å². The first kappa shape index (κ1) is 13.6. The minimum absolute atomic E-state index is 0.189. The summed E-state index contributed by atoms with van der Waals surface area (Å²) in [6.45, 7) is 3.88. The number of para-hydroxylation sites is 1. The van der Waals surface area contributed by atoms with Crippen LogP contribution in [0.5, 0.6) is 11.8 Å². The van der Waals surface area contributed by atoms with E-state index in [1.807, 2.05) is 31.2 Å². The Balaban J connectivity index is 1.85.